The molecule has 0 aliphatic rings. The molecule has 0 aromatic heterocycles. The Hall–Kier alpha value is -3.84. The molecular weight excluding hydrogens is 539 g/mol. The first-order valence-corrected chi connectivity index (χ1v) is 12.1. The number of hydrogen-bond donors (Lipinski definition) is 1. The van der Waals surface area contributed by atoms with Crippen molar-refractivity contribution in [3.8, 4) is 5.75 Å². The van der Waals surface area contributed by atoms with E-state index < -0.39 is 49.8 Å². The van der Waals surface area contributed by atoms with Crippen molar-refractivity contribution < 1.29 is 36.0 Å². The van der Waals surface area contributed by atoms with Crippen LogP contribution in [0.1, 0.15) is 11.1 Å². The van der Waals surface area contributed by atoms with Gasteiger partial charge in [-0.25, -0.2) is 8.42 Å². The largest absolute Gasteiger partial charge is 0.495 e. The van der Waals surface area contributed by atoms with E-state index in [1.165, 1.54) is 37.4 Å². The SMILES string of the molecule is COc1ccc([N+](=O)[O-])cc1NC(=O)CN(c1ccc(Cl)c(C(F)(F)F)c1)S(=O)(=O)c1ccc(C)cc1. The third-order valence-corrected chi connectivity index (χ3v) is 7.23. The van der Waals surface area contributed by atoms with Crippen molar-refractivity contribution in [2.24, 2.45) is 0 Å². The van der Waals surface area contributed by atoms with Gasteiger partial charge in [0.05, 0.1) is 38.9 Å². The number of nitrogens with zero attached hydrogens (tertiary/aromatic N) is 2. The second-order valence-electron chi connectivity index (χ2n) is 7.68. The van der Waals surface area contributed by atoms with E-state index in [0.717, 1.165) is 29.8 Å². The minimum absolute atomic E-state index is 0.0396. The molecule has 0 radical (unpaired) electrons. The maximum atomic E-state index is 13.5. The van der Waals surface area contributed by atoms with Gasteiger partial charge < -0.3 is 10.1 Å². The van der Waals surface area contributed by atoms with Crippen molar-refractivity contribution in [1.82, 2.24) is 0 Å². The molecule has 1 N–H and O–H groups in total. The van der Waals surface area contributed by atoms with E-state index in [1.807, 2.05) is 0 Å². The second kappa shape index (κ2) is 10.6. The van der Waals surface area contributed by atoms with Crippen molar-refractivity contribution in [2.45, 2.75) is 18.0 Å². The Balaban J connectivity index is 2.07. The lowest BCUT2D eigenvalue weighted by Crippen LogP contribution is -2.38. The van der Waals surface area contributed by atoms with Crippen LogP contribution in [0.3, 0.4) is 0 Å². The number of carbonyl (C=O) groups is 1. The molecule has 3 aromatic rings. The monoisotopic (exact) mass is 557 g/mol. The summed E-state index contributed by atoms with van der Waals surface area (Å²) in [7, 11) is -3.30. The van der Waals surface area contributed by atoms with E-state index in [9.17, 15) is 36.5 Å². The molecule has 0 atom stereocenters. The summed E-state index contributed by atoms with van der Waals surface area (Å²) < 4.78 is 73.0. The molecule has 0 fully saturated rings. The number of nitro benzene ring substituents is 1. The lowest BCUT2D eigenvalue weighted by Gasteiger charge is -2.25. The Morgan fingerprint density at radius 1 is 1.11 bits per heavy atom. The summed E-state index contributed by atoms with van der Waals surface area (Å²) in [5, 5.41) is 12.8. The fourth-order valence-corrected chi connectivity index (χ4v) is 4.90. The Labute approximate surface area is 214 Å². The Kier molecular flexibility index (Phi) is 7.98. The van der Waals surface area contributed by atoms with Crippen LogP contribution < -0.4 is 14.4 Å². The third-order valence-electron chi connectivity index (χ3n) is 5.11. The fraction of sp³-hybridized carbons (Fsp3) is 0.174. The van der Waals surface area contributed by atoms with Crippen LogP contribution in [0.25, 0.3) is 0 Å². The van der Waals surface area contributed by atoms with Gasteiger partial charge in [-0.3, -0.25) is 19.2 Å². The lowest BCUT2D eigenvalue weighted by atomic mass is 10.2. The van der Waals surface area contributed by atoms with Gasteiger partial charge in [-0.05, 0) is 43.3 Å². The van der Waals surface area contributed by atoms with E-state index in [-0.39, 0.29) is 22.0 Å². The van der Waals surface area contributed by atoms with Crippen LogP contribution in [0.5, 0.6) is 5.75 Å². The summed E-state index contributed by atoms with van der Waals surface area (Å²) >= 11 is 5.68. The van der Waals surface area contributed by atoms with Crippen molar-refractivity contribution in [3.05, 3.63) is 86.9 Å². The maximum absolute atomic E-state index is 13.5. The predicted molar refractivity (Wildman–Crippen MR) is 130 cm³/mol. The van der Waals surface area contributed by atoms with E-state index in [2.05, 4.69) is 5.32 Å². The molecule has 0 bridgehead atoms. The summed E-state index contributed by atoms with van der Waals surface area (Å²) in [6.07, 6.45) is -4.90. The number of hydrogen-bond acceptors (Lipinski definition) is 6. The van der Waals surface area contributed by atoms with Crippen LogP contribution in [-0.4, -0.2) is 32.9 Å². The molecule has 0 unspecified atom stereocenters. The smallest absolute Gasteiger partial charge is 0.417 e. The van der Waals surface area contributed by atoms with Gasteiger partial charge in [0.1, 0.15) is 12.3 Å². The van der Waals surface area contributed by atoms with E-state index >= 15 is 0 Å². The van der Waals surface area contributed by atoms with Gasteiger partial charge in [0, 0.05) is 12.1 Å². The molecule has 0 heterocycles. The summed E-state index contributed by atoms with van der Waals surface area (Å²) in [5.41, 5.74) is -1.56. The number of carbonyl (C=O) groups excluding carboxylic acids is 1. The van der Waals surface area contributed by atoms with Crippen LogP contribution in [-0.2, 0) is 21.0 Å². The first-order valence-electron chi connectivity index (χ1n) is 10.3. The number of benzene rings is 3. The number of amides is 1. The molecule has 3 aromatic carbocycles. The first kappa shape index (κ1) is 27.7. The molecule has 0 aliphatic heterocycles. The number of halogens is 4. The molecule has 9 nitrogen and oxygen atoms in total. The number of nitrogens with one attached hydrogen (secondary N) is 1. The minimum atomic E-state index is -4.90. The molecule has 14 heteroatoms. The van der Waals surface area contributed by atoms with Gasteiger partial charge in [-0.2, -0.15) is 13.2 Å². The quantitative estimate of drug-likeness (QED) is 0.292. The highest BCUT2D eigenvalue weighted by atomic mass is 35.5. The number of alkyl halides is 3. The van der Waals surface area contributed by atoms with E-state index in [1.54, 1.807) is 6.92 Å². The summed E-state index contributed by atoms with van der Waals surface area (Å²) in [6.45, 7) is 0.740. The van der Waals surface area contributed by atoms with Crippen LogP contribution in [0.15, 0.2) is 65.6 Å². The summed E-state index contributed by atoms with van der Waals surface area (Å²) in [6, 6.07) is 11.3. The van der Waals surface area contributed by atoms with Crippen LogP contribution in [0, 0.1) is 17.0 Å². The Morgan fingerprint density at radius 3 is 2.32 bits per heavy atom. The third kappa shape index (κ3) is 6.30. The van der Waals surface area contributed by atoms with E-state index in [0.29, 0.717) is 10.4 Å². The molecular formula is C23H19ClF3N3O6S. The molecule has 0 saturated carbocycles. The number of rotatable bonds is 8. The predicted octanol–water partition coefficient (Wildman–Crippen LogP) is 5.42. The lowest BCUT2D eigenvalue weighted by molar-refractivity contribution is -0.384. The Bertz CT molecular complexity index is 1450. The number of non-ortho nitro benzene ring substituents is 1. The maximum Gasteiger partial charge on any atom is 0.417 e. The molecule has 1 amide bonds. The molecule has 0 aliphatic carbocycles. The number of sulfonamides is 1. The van der Waals surface area contributed by atoms with Crippen molar-refractivity contribution in [3.63, 3.8) is 0 Å². The highest BCUT2D eigenvalue weighted by Gasteiger charge is 2.35. The van der Waals surface area contributed by atoms with Crippen molar-refractivity contribution >= 4 is 44.6 Å². The standard InChI is InChI=1S/C23H19ClF3N3O6S/c1-14-3-7-17(8-4-14)37(34,35)29(15-5-9-19(24)18(11-15)23(25,26)27)13-22(31)28-20-12-16(30(32)33)6-10-21(20)36-2/h3-12H,13H2,1-2H3,(H,28,31). The van der Waals surface area contributed by atoms with Gasteiger partial charge in [-0.15, -0.1) is 0 Å². The summed E-state index contributed by atoms with van der Waals surface area (Å²) in [5.74, 6) is -0.962. The zero-order valence-electron chi connectivity index (χ0n) is 19.2. The van der Waals surface area contributed by atoms with Crippen molar-refractivity contribution in [1.29, 1.82) is 0 Å². The highest BCUT2D eigenvalue weighted by molar-refractivity contribution is 7.92. The molecule has 0 spiro atoms. The normalized spacial score (nSPS) is 11.6. The highest BCUT2D eigenvalue weighted by Crippen LogP contribution is 2.38. The van der Waals surface area contributed by atoms with E-state index in [4.69, 9.17) is 16.3 Å². The minimum Gasteiger partial charge on any atom is -0.495 e. The van der Waals surface area contributed by atoms with Crippen LogP contribution >= 0.6 is 11.6 Å². The van der Waals surface area contributed by atoms with Gasteiger partial charge in [0.2, 0.25) is 5.91 Å². The molecule has 37 heavy (non-hydrogen) atoms. The topological polar surface area (TPSA) is 119 Å². The van der Waals surface area contributed by atoms with Gasteiger partial charge in [0.15, 0.2) is 0 Å². The molecule has 196 valence electrons. The van der Waals surface area contributed by atoms with Gasteiger partial charge in [-0.1, -0.05) is 29.3 Å². The van der Waals surface area contributed by atoms with Crippen molar-refractivity contribution in [2.75, 3.05) is 23.3 Å². The number of methoxy groups -OCH3 is 1. The zero-order valence-corrected chi connectivity index (χ0v) is 20.8. The number of ether oxygens (including phenoxy) is 1. The Morgan fingerprint density at radius 2 is 1.76 bits per heavy atom. The second-order valence-corrected chi connectivity index (χ2v) is 9.95. The fourth-order valence-electron chi connectivity index (χ4n) is 3.27. The number of nitro groups is 1. The molecule has 0 saturated heterocycles. The molecule has 3 rings (SSSR count). The first-order chi connectivity index (χ1) is 17.2. The number of anilines is 2. The number of aryl methyl sites for hydroxylation is 1. The zero-order chi connectivity index (χ0) is 27.5. The van der Waals surface area contributed by atoms with Gasteiger partial charge in [0.25, 0.3) is 15.7 Å². The average Bonchev–Trinajstić information content (AvgIpc) is 2.82. The summed E-state index contributed by atoms with van der Waals surface area (Å²) in [4.78, 5) is 23.1. The van der Waals surface area contributed by atoms with Crippen LogP contribution in [0.2, 0.25) is 5.02 Å². The average molecular weight is 558 g/mol. The van der Waals surface area contributed by atoms with Gasteiger partial charge >= 0.3 is 6.18 Å². The van der Waals surface area contributed by atoms with Crippen LogP contribution in [0.4, 0.5) is 30.2 Å².